The molecule has 16 heavy (non-hydrogen) atoms. The van der Waals surface area contributed by atoms with Gasteiger partial charge in [0.05, 0.1) is 5.69 Å². The van der Waals surface area contributed by atoms with Crippen LogP contribution in [0.3, 0.4) is 0 Å². The van der Waals surface area contributed by atoms with Gasteiger partial charge >= 0.3 is 0 Å². The van der Waals surface area contributed by atoms with E-state index in [-0.39, 0.29) is 0 Å². The second-order valence-corrected chi connectivity index (χ2v) is 4.30. The normalized spacial score (nSPS) is 10.6. The predicted molar refractivity (Wildman–Crippen MR) is 64.0 cm³/mol. The molecular weight excluding hydrogens is 222 g/mol. The quantitative estimate of drug-likeness (QED) is 0.630. The molecule has 0 radical (unpaired) electrons. The van der Waals surface area contributed by atoms with Gasteiger partial charge in [0, 0.05) is 31.7 Å². The summed E-state index contributed by atoms with van der Waals surface area (Å²) in [5, 5.41) is 5.04. The Morgan fingerprint density at radius 3 is 2.94 bits per heavy atom. The van der Waals surface area contributed by atoms with Gasteiger partial charge in [-0.2, -0.15) is 5.10 Å². The molecule has 0 amide bonds. The van der Waals surface area contributed by atoms with E-state index in [1.54, 1.807) is 22.6 Å². The van der Waals surface area contributed by atoms with Crippen molar-refractivity contribution in [2.24, 2.45) is 12.8 Å². The van der Waals surface area contributed by atoms with Gasteiger partial charge in [-0.05, 0) is 12.1 Å². The molecular formula is C10H13N5S. The van der Waals surface area contributed by atoms with Gasteiger partial charge in [-0.3, -0.25) is 4.68 Å². The third-order valence-electron chi connectivity index (χ3n) is 1.96. The van der Waals surface area contributed by atoms with Crippen LogP contribution in [0.5, 0.6) is 0 Å². The SMILES string of the molecule is Cn1ccc(-c2ccnc(SCCN)n2)n1. The topological polar surface area (TPSA) is 69.6 Å². The van der Waals surface area contributed by atoms with Gasteiger partial charge in [0.15, 0.2) is 5.16 Å². The predicted octanol–water partition coefficient (Wildman–Crippen LogP) is 0.928. The minimum absolute atomic E-state index is 0.627. The van der Waals surface area contributed by atoms with E-state index in [1.165, 1.54) is 0 Å². The molecule has 0 saturated heterocycles. The summed E-state index contributed by atoms with van der Waals surface area (Å²) in [6.07, 6.45) is 3.64. The van der Waals surface area contributed by atoms with Crippen molar-refractivity contribution in [2.75, 3.05) is 12.3 Å². The Morgan fingerprint density at radius 2 is 2.25 bits per heavy atom. The van der Waals surface area contributed by atoms with Crippen LogP contribution in [0.4, 0.5) is 0 Å². The first-order chi connectivity index (χ1) is 7.79. The van der Waals surface area contributed by atoms with E-state index in [0.717, 1.165) is 22.3 Å². The third-order valence-corrected chi connectivity index (χ3v) is 2.85. The van der Waals surface area contributed by atoms with E-state index in [0.29, 0.717) is 6.54 Å². The fraction of sp³-hybridized carbons (Fsp3) is 0.300. The number of nitrogens with zero attached hydrogens (tertiary/aromatic N) is 4. The van der Waals surface area contributed by atoms with Gasteiger partial charge in [-0.25, -0.2) is 9.97 Å². The highest BCUT2D eigenvalue weighted by Gasteiger charge is 2.04. The van der Waals surface area contributed by atoms with Gasteiger partial charge in [0.1, 0.15) is 5.69 Å². The van der Waals surface area contributed by atoms with Crippen molar-refractivity contribution in [3.05, 3.63) is 24.5 Å². The lowest BCUT2D eigenvalue weighted by molar-refractivity contribution is 0.769. The van der Waals surface area contributed by atoms with Crippen molar-refractivity contribution in [1.82, 2.24) is 19.7 Å². The Kier molecular flexibility index (Phi) is 3.53. The van der Waals surface area contributed by atoms with Crippen LogP contribution < -0.4 is 5.73 Å². The Balaban J connectivity index is 2.22. The molecule has 6 heteroatoms. The molecule has 0 aliphatic carbocycles. The summed E-state index contributed by atoms with van der Waals surface area (Å²) in [4.78, 5) is 8.59. The van der Waals surface area contributed by atoms with Crippen molar-refractivity contribution in [2.45, 2.75) is 5.16 Å². The number of rotatable bonds is 4. The molecule has 2 aromatic rings. The Labute approximate surface area is 98.1 Å². The monoisotopic (exact) mass is 235 g/mol. The van der Waals surface area contributed by atoms with Crippen molar-refractivity contribution in [3.63, 3.8) is 0 Å². The standard InChI is InChI=1S/C10H13N5S/c1-15-6-3-9(14-15)8-2-5-12-10(13-8)16-7-4-11/h2-3,5-6H,4,7,11H2,1H3. The molecule has 0 fully saturated rings. The summed E-state index contributed by atoms with van der Waals surface area (Å²) in [5.74, 6) is 0.825. The van der Waals surface area contributed by atoms with Crippen LogP contribution in [-0.4, -0.2) is 32.0 Å². The second kappa shape index (κ2) is 5.09. The van der Waals surface area contributed by atoms with Gasteiger partial charge in [0.25, 0.3) is 0 Å². The lowest BCUT2D eigenvalue weighted by Crippen LogP contribution is -2.02. The van der Waals surface area contributed by atoms with Crippen molar-refractivity contribution in [3.8, 4) is 11.4 Å². The Hall–Kier alpha value is -1.40. The molecule has 0 atom stereocenters. The van der Waals surface area contributed by atoms with Crippen LogP contribution in [0, 0.1) is 0 Å². The zero-order valence-corrected chi connectivity index (χ0v) is 9.81. The highest BCUT2D eigenvalue weighted by atomic mass is 32.2. The van der Waals surface area contributed by atoms with Crippen molar-refractivity contribution >= 4 is 11.8 Å². The maximum atomic E-state index is 5.44. The van der Waals surface area contributed by atoms with Crippen molar-refractivity contribution in [1.29, 1.82) is 0 Å². The molecule has 2 N–H and O–H groups in total. The van der Waals surface area contributed by atoms with Crippen LogP contribution in [0.2, 0.25) is 0 Å². The van der Waals surface area contributed by atoms with Crippen LogP contribution in [0.1, 0.15) is 0 Å². The summed E-state index contributed by atoms with van der Waals surface area (Å²) in [6, 6.07) is 3.79. The fourth-order valence-electron chi connectivity index (χ4n) is 1.25. The molecule has 0 saturated carbocycles. The molecule has 0 aromatic carbocycles. The molecule has 2 heterocycles. The average molecular weight is 235 g/mol. The summed E-state index contributed by atoms with van der Waals surface area (Å²) in [5.41, 5.74) is 7.14. The van der Waals surface area contributed by atoms with Crippen LogP contribution in [-0.2, 0) is 7.05 Å². The number of thioether (sulfide) groups is 1. The second-order valence-electron chi connectivity index (χ2n) is 3.24. The Bertz CT molecular complexity index is 468. The van der Waals surface area contributed by atoms with E-state index in [1.807, 2.05) is 25.4 Å². The van der Waals surface area contributed by atoms with Gasteiger partial charge in [-0.15, -0.1) is 0 Å². The van der Waals surface area contributed by atoms with E-state index in [4.69, 9.17) is 5.73 Å². The van der Waals surface area contributed by atoms with E-state index < -0.39 is 0 Å². The lowest BCUT2D eigenvalue weighted by atomic mass is 10.3. The lowest BCUT2D eigenvalue weighted by Gasteiger charge is -2.00. The Morgan fingerprint density at radius 1 is 1.38 bits per heavy atom. The maximum absolute atomic E-state index is 5.44. The number of hydrogen-bond donors (Lipinski definition) is 1. The molecule has 84 valence electrons. The molecule has 0 aliphatic heterocycles. The number of aromatic nitrogens is 4. The van der Waals surface area contributed by atoms with Gasteiger partial charge in [0.2, 0.25) is 0 Å². The van der Waals surface area contributed by atoms with E-state index in [2.05, 4.69) is 15.1 Å². The molecule has 0 unspecified atom stereocenters. The zero-order valence-electron chi connectivity index (χ0n) is 9.00. The first-order valence-electron chi connectivity index (χ1n) is 4.95. The largest absolute Gasteiger partial charge is 0.330 e. The van der Waals surface area contributed by atoms with E-state index >= 15 is 0 Å². The summed E-state index contributed by atoms with van der Waals surface area (Å²) in [7, 11) is 1.88. The molecule has 0 aliphatic rings. The average Bonchev–Trinajstić information content (AvgIpc) is 2.74. The minimum Gasteiger partial charge on any atom is -0.330 e. The van der Waals surface area contributed by atoms with E-state index in [9.17, 15) is 0 Å². The maximum Gasteiger partial charge on any atom is 0.188 e. The first-order valence-corrected chi connectivity index (χ1v) is 5.94. The first kappa shape index (κ1) is 11.1. The highest BCUT2D eigenvalue weighted by Crippen LogP contribution is 2.17. The molecule has 0 spiro atoms. The summed E-state index contributed by atoms with van der Waals surface area (Å²) in [6.45, 7) is 0.627. The third kappa shape index (κ3) is 2.59. The summed E-state index contributed by atoms with van der Waals surface area (Å²) < 4.78 is 1.75. The van der Waals surface area contributed by atoms with Crippen molar-refractivity contribution < 1.29 is 0 Å². The molecule has 2 rings (SSSR count). The smallest absolute Gasteiger partial charge is 0.188 e. The van der Waals surface area contributed by atoms with Crippen LogP contribution >= 0.6 is 11.8 Å². The summed E-state index contributed by atoms with van der Waals surface area (Å²) >= 11 is 1.55. The van der Waals surface area contributed by atoms with Crippen LogP contribution in [0.15, 0.2) is 29.7 Å². The van der Waals surface area contributed by atoms with Gasteiger partial charge < -0.3 is 5.73 Å². The highest BCUT2D eigenvalue weighted by molar-refractivity contribution is 7.99. The number of nitrogens with two attached hydrogens (primary N) is 1. The number of hydrogen-bond acceptors (Lipinski definition) is 5. The fourth-order valence-corrected chi connectivity index (χ4v) is 1.85. The van der Waals surface area contributed by atoms with Crippen LogP contribution in [0.25, 0.3) is 11.4 Å². The molecule has 0 bridgehead atoms. The molecule has 5 nitrogen and oxygen atoms in total. The minimum atomic E-state index is 0.627. The zero-order chi connectivity index (χ0) is 11.4. The number of aryl methyl sites for hydroxylation is 1. The van der Waals surface area contributed by atoms with Gasteiger partial charge in [-0.1, -0.05) is 11.8 Å². The molecule has 2 aromatic heterocycles.